The highest BCUT2D eigenvalue weighted by Crippen LogP contribution is 2.34. The van der Waals surface area contributed by atoms with Gasteiger partial charge in [0.15, 0.2) is 11.5 Å². The van der Waals surface area contributed by atoms with Crippen molar-refractivity contribution in [3.05, 3.63) is 88.9 Å². The molecule has 0 bridgehead atoms. The van der Waals surface area contributed by atoms with Gasteiger partial charge in [0.25, 0.3) is 0 Å². The molecule has 3 aromatic carbocycles. The summed E-state index contributed by atoms with van der Waals surface area (Å²) in [5.41, 5.74) is 2.16. The van der Waals surface area contributed by atoms with E-state index < -0.39 is 16.1 Å². The predicted octanol–water partition coefficient (Wildman–Crippen LogP) is 4.04. The molecule has 218 valence electrons. The van der Waals surface area contributed by atoms with E-state index in [0.29, 0.717) is 41.8 Å². The van der Waals surface area contributed by atoms with Crippen molar-refractivity contribution in [3.63, 3.8) is 0 Å². The second-order valence-corrected chi connectivity index (χ2v) is 12.1. The van der Waals surface area contributed by atoms with E-state index in [4.69, 9.17) is 21.1 Å². The number of ether oxygens (including phenoxy) is 2. The molecule has 11 heteroatoms. The highest BCUT2D eigenvalue weighted by molar-refractivity contribution is 7.92. The third kappa shape index (κ3) is 8.14. The third-order valence-corrected chi connectivity index (χ3v) is 8.20. The molecule has 0 saturated carbocycles. The van der Waals surface area contributed by atoms with Gasteiger partial charge in [0.1, 0.15) is 19.3 Å². The Morgan fingerprint density at radius 2 is 1.63 bits per heavy atom. The second kappa shape index (κ2) is 13.7. The van der Waals surface area contributed by atoms with Crippen LogP contribution in [0.3, 0.4) is 0 Å². The van der Waals surface area contributed by atoms with Crippen LogP contribution in [-0.2, 0) is 32.6 Å². The number of sulfonamides is 1. The van der Waals surface area contributed by atoms with Gasteiger partial charge in [-0.15, -0.1) is 0 Å². The molecule has 0 spiro atoms. The molecule has 41 heavy (non-hydrogen) atoms. The fourth-order valence-corrected chi connectivity index (χ4v) is 5.78. The summed E-state index contributed by atoms with van der Waals surface area (Å²) in [5, 5.41) is 3.26. The maximum Gasteiger partial charge on any atom is 0.242 e. The number of anilines is 1. The van der Waals surface area contributed by atoms with Crippen LogP contribution >= 0.6 is 11.6 Å². The van der Waals surface area contributed by atoms with Crippen LogP contribution < -0.4 is 19.1 Å². The summed E-state index contributed by atoms with van der Waals surface area (Å²) in [7, 11) is -2.11. The van der Waals surface area contributed by atoms with Gasteiger partial charge in [-0.1, -0.05) is 54.1 Å². The molecule has 0 radical (unpaired) electrons. The van der Waals surface area contributed by atoms with Crippen LogP contribution in [0.4, 0.5) is 5.69 Å². The summed E-state index contributed by atoms with van der Waals surface area (Å²) in [6.45, 7) is 1.07. The lowest BCUT2D eigenvalue weighted by Crippen LogP contribution is -2.49. The topological polar surface area (TPSA) is 105 Å². The molecule has 4 rings (SSSR count). The highest BCUT2D eigenvalue weighted by atomic mass is 35.5. The van der Waals surface area contributed by atoms with Crippen molar-refractivity contribution in [1.29, 1.82) is 0 Å². The number of halogens is 1. The van der Waals surface area contributed by atoms with Crippen molar-refractivity contribution >= 4 is 39.1 Å². The van der Waals surface area contributed by atoms with Crippen LogP contribution in [0.1, 0.15) is 24.0 Å². The first-order chi connectivity index (χ1) is 19.7. The molecule has 1 aliphatic rings. The number of carbonyl (C=O) groups excluding carboxylic acids is 2. The molecule has 1 atom stereocenters. The smallest absolute Gasteiger partial charge is 0.242 e. The zero-order valence-electron chi connectivity index (χ0n) is 23.1. The Balaban J connectivity index is 1.54. The molecule has 0 unspecified atom stereocenters. The number of benzene rings is 3. The molecule has 9 nitrogen and oxygen atoms in total. The first kappa shape index (κ1) is 30.2. The Kier molecular flexibility index (Phi) is 10.1. The fraction of sp³-hybridized carbons (Fsp3) is 0.333. The van der Waals surface area contributed by atoms with Gasteiger partial charge >= 0.3 is 0 Å². The number of nitrogens with zero attached hydrogens (tertiary/aromatic N) is 2. The molecule has 0 aliphatic carbocycles. The maximum atomic E-state index is 13.7. The Bertz CT molecular complexity index is 1450. The summed E-state index contributed by atoms with van der Waals surface area (Å²) in [5.74, 6) is 0.479. The number of amides is 2. The predicted molar refractivity (Wildman–Crippen MR) is 159 cm³/mol. The summed E-state index contributed by atoms with van der Waals surface area (Å²) in [6, 6.07) is 20.8. The minimum Gasteiger partial charge on any atom is -0.486 e. The first-order valence-corrected chi connectivity index (χ1v) is 15.5. The number of carbonyl (C=O) groups is 2. The van der Waals surface area contributed by atoms with Crippen LogP contribution in [0.2, 0.25) is 5.02 Å². The maximum absolute atomic E-state index is 13.7. The van der Waals surface area contributed by atoms with E-state index >= 15 is 0 Å². The zero-order valence-corrected chi connectivity index (χ0v) is 24.7. The number of fused-ring (bicyclic) bond motifs is 1. The minimum atomic E-state index is -3.65. The van der Waals surface area contributed by atoms with Gasteiger partial charge in [-0.25, -0.2) is 8.42 Å². The molecule has 0 fully saturated rings. The van der Waals surface area contributed by atoms with Crippen molar-refractivity contribution < 1.29 is 27.5 Å². The van der Waals surface area contributed by atoms with Crippen molar-refractivity contribution in [2.45, 2.75) is 31.8 Å². The number of nitrogens with one attached hydrogen (secondary N) is 1. The summed E-state index contributed by atoms with van der Waals surface area (Å²) < 4.78 is 37.8. The Labute approximate surface area is 246 Å². The standard InChI is InChI=1S/C30H34ClN3O6S/c1-32-30(36)26(19-22-7-4-3-5-8-22)33(21-23-10-12-24(31)13-11-23)29(35)9-6-16-34(41(2,37)38)25-14-15-27-28(20-25)40-18-17-39-27/h3-5,7-8,10-15,20,26H,6,9,16-19,21H2,1-2H3,(H,32,36)/t26-/m0/s1. The minimum absolute atomic E-state index is 0.0342. The van der Waals surface area contributed by atoms with Crippen LogP contribution in [0.15, 0.2) is 72.8 Å². The largest absolute Gasteiger partial charge is 0.486 e. The molecule has 3 aromatic rings. The van der Waals surface area contributed by atoms with E-state index in [1.54, 1.807) is 42.3 Å². The summed E-state index contributed by atoms with van der Waals surface area (Å²) >= 11 is 6.06. The van der Waals surface area contributed by atoms with Gasteiger partial charge in [0.2, 0.25) is 21.8 Å². The molecule has 1 heterocycles. The van der Waals surface area contributed by atoms with Crippen LogP contribution in [0.5, 0.6) is 11.5 Å². The van der Waals surface area contributed by atoms with E-state index in [1.807, 2.05) is 42.5 Å². The van der Waals surface area contributed by atoms with E-state index in [-0.39, 0.29) is 37.7 Å². The Morgan fingerprint density at radius 1 is 0.951 bits per heavy atom. The van der Waals surface area contributed by atoms with Gasteiger partial charge in [-0.2, -0.15) is 0 Å². The van der Waals surface area contributed by atoms with Crippen molar-refractivity contribution in [2.24, 2.45) is 0 Å². The van der Waals surface area contributed by atoms with E-state index in [9.17, 15) is 18.0 Å². The second-order valence-electron chi connectivity index (χ2n) is 9.73. The third-order valence-electron chi connectivity index (χ3n) is 6.75. The summed E-state index contributed by atoms with van der Waals surface area (Å²) in [4.78, 5) is 28.4. The average Bonchev–Trinajstić information content (AvgIpc) is 2.97. The number of rotatable bonds is 12. The summed E-state index contributed by atoms with van der Waals surface area (Å²) in [6.07, 6.45) is 1.72. The van der Waals surface area contributed by atoms with E-state index in [0.717, 1.165) is 17.4 Å². The first-order valence-electron chi connectivity index (χ1n) is 13.3. The highest BCUT2D eigenvalue weighted by Gasteiger charge is 2.30. The van der Waals surface area contributed by atoms with Gasteiger partial charge in [0.05, 0.1) is 11.9 Å². The van der Waals surface area contributed by atoms with Crippen molar-refractivity contribution in [2.75, 3.05) is 37.4 Å². The van der Waals surface area contributed by atoms with Gasteiger partial charge in [-0.3, -0.25) is 13.9 Å². The number of hydrogen-bond donors (Lipinski definition) is 1. The lowest BCUT2D eigenvalue weighted by molar-refractivity contribution is -0.141. The Hall–Kier alpha value is -3.76. The Morgan fingerprint density at radius 3 is 2.29 bits per heavy atom. The molecule has 0 aromatic heterocycles. The molecular weight excluding hydrogens is 566 g/mol. The number of likely N-dealkylation sites (N-methyl/N-ethyl adjacent to an activating group) is 1. The molecular formula is C30H34ClN3O6S. The quantitative estimate of drug-likeness (QED) is 0.337. The zero-order chi connectivity index (χ0) is 29.4. The number of hydrogen-bond acceptors (Lipinski definition) is 6. The van der Waals surface area contributed by atoms with Crippen molar-refractivity contribution in [1.82, 2.24) is 10.2 Å². The molecule has 1 aliphatic heterocycles. The average molecular weight is 600 g/mol. The van der Waals surface area contributed by atoms with Crippen molar-refractivity contribution in [3.8, 4) is 11.5 Å². The fourth-order valence-electron chi connectivity index (χ4n) is 4.70. The molecule has 1 N–H and O–H groups in total. The van der Waals surface area contributed by atoms with Gasteiger partial charge < -0.3 is 19.7 Å². The van der Waals surface area contributed by atoms with Crippen LogP contribution in [0, 0.1) is 0 Å². The normalized spacial score (nSPS) is 13.2. The van der Waals surface area contributed by atoms with Crippen LogP contribution in [0.25, 0.3) is 0 Å². The van der Waals surface area contributed by atoms with Gasteiger partial charge in [0, 0.05) is 44.1 Å². The van der Waals surface area contributed by atoms with E-state index in [2.05, 4.69) is 5.32 Å². The van der Waals surface area contributed by atoms with Gasteiger partial charge in [-0.05, 0) is 41.8 Å². The van der Waals surface area contributed by atoms with Crippen LogP contribution in [-0.4, -0.2) is 64.2 Å². The monoisotopic (exact) mass is 599 g/mol. The lowest BCUT2D eigenvalue weighted by atomic mass is 10.0. The molecule has 2 amide bonds. The molecule has 0 saturated heterocycles. The SMILES string of the molecule is CNC(=O)[C@H](Cc1ccccc1)N(Cc1ccc(Cl)cc1)C(=O)CCCN(c1ccc2c(c1)OCCO2)S(C)(=O)=O. The lowest BCUT2D eigenvalue weighted by Gasteiger charge is -2.31. The van der Waals surface area contributed by atoms with E-state index in [1.165, 1.54) is 4.31 Å².